The monoisotopic (exact) mass is 427 g/mol. The number of carboxylic acids is 1. The Labute approximate surface area is 179 Å². The zero-order valence-electron chi connectivity index (χ0n) is 15.4. The number of halogens is 2. The van der Waals surface area contributed by atoms with Gasteiger partial charge in [-0.2, -0.15) is 0 Å². The first kappa shape index (κ1) is 20.9. The number of hydrogen-bond acceptors (Lipinski definition) is 2. The fraction of sp³-hybridized carbons (Fsp3) is 0.130. The summed E-state index contributed by atoms with van der Waals surface area (Å²) in [5.41, 5.74) is 0.345. The number of rotatable bonds is 7. The molecule has 1 amide bonds. The molecule has 148 valence electrons. The summed E-state index contributed by atoms with van der Waals surface area (Å²) in [4.78, 5) is 25.3. The quantitative estimate of drug-likeness (QED) is 0.555. The van der Waals surface area contributed by atoms with Crippen molar-refractivity contribution in [3.05, 3.63) is 106 Å². The molecule has 0 aromatic heterocycles. The van der Waals surface area contributed by atoms with E-state index in [-0.39, 0.29) is 12.8 Å². The number of amides is 1. The van der Waals surface area contributed by atoms with E-state index in [1.807, 2.05) is 0 Å². The highest BCUT2D eigenvalue weighted by molar-refractivity contribution is 6.30. The fourth-order valence-corrected chi connectivity index (χ4v) is 3.39. The molecule has 2 N–H and O–H groups in total. The van der Waals surface area contributed by atoms with Gasteiger partial charge in [-0.05, 0) is 47.5 Å². The predicted octanol–water partition coefficient (Wildman–Crippen LogP) is 5.03. The summed E-state index contributed by atoms with van der Waals surface area (Å²) < 4.78 is 0. The summed E-state index contributed by atoms with van der Waals surface area (Å²) in [6, 6.07) is 22.4. The summed E-state index contributed by atoms with van der Waals surface area (Å²) in [6.07, 6.45) is 0.196. The first-order valence-corrected chi connectivity index (χ1v) is 9.73. The van der Waals surface area contributed by atoms with Crippen LogP contribution in [0.1, 0.15) is 21.5 Å². The largest absolute Gasteiger partial charge is 0.479 e. The molecule has 3 rings (SSSR count). The molecule has 0 heterocycles. The van der Waals surface area contributed by atoms with E-state index in [1.54, 1.807) is 78.9 Å². The van der Waals surface area contributed by atoms with Crippen molar-refractivity contribution in [3.8, 4) is 0 Å². The molecule has 29 heavy (non-hydrogen) atoms. The standard InChI is InChI=1S/C23H19Cl2NO3/c24-19-10-6-16(7-11-19)14-23(22(28)29,15-17-8-12-20(25)13-9-17)26-21(27)18-4-2-1-3-5-18/h1-13H,14-15H2,(H,26,27)(H,28,29). The summed E-state index contributed by atoms with van der Waals surface area (Å²) >= 11 is 11.9. The number of nitrogens with one attached hydrogen (secondary N) is 1. The molecule has 4 nitrogen and oxygen atoms in total. The first-order chi connectivity index (χ1) is 13.9. The van der Waals surface area contributed by atoms with Gasteiger partial charge < -0.3 is 10.4 Å². The summed E-state index contributed by atoms with van der Waals surface area (Å²) in [5, 5.41) is 14.1. The summed E-state index contributed by atoms with van der Waals surface area (Å²) in [7, 11) is 0. The highest BCUT2D eigenvalue weighted by atomic mass is 35.5. The Kier molecular flexibility index (Phi) is 6.57. The van der Waals surface area contributed by atoms with Gasteiger partial charge in [-0.25, -0.2) is 4.79 Å². The van der Waals surface area contributed by atoms with E-state index in [0.29, 0.717) is 15.6 Å². The van der Waals surface area contributed by atoms with Gasteiger partial charge in [-0.1, -0.05) is 65.7 Å². The zero-order valence-corrected chi connectivity index (χ0v) is 17.0. The van der Waals surface area contributed by atoms with Crippen molar-refractivity contribution in [3.63, 3.8) is 0 Å². The van der Waals surface area contributed by atoms with Crippen molar-refractivity contribution in [1.29, 1.82) is 0 Å². The van der Waals surface area contributed by atoms with Gasteiger partial charge >= 0.3 is 5.97 Å². The van der Waals surface area contributed by atoms with Crippen molar-refractivity contribution >= 4 is 35.1 Å². The van der Waals surface area contributed by atoms with Crippen molar-refractivity contribution in [2.24, 2.45) is 0 Å². The normalized spacial score (nSPS) is 11.1. The molecular weight excluding hydrogens is 409 g/mol. The Balaban J connectivity index is 1.98. The lowest BCUT2D eigenvalue weighted by Gasteiger charge is -2.31. The van der Waals surface area contributed by atoms with Crippen LogP contribution in [0.2, 0.25) is 10.0 Å². The van der Waals surface area contributed by atoms with E-state index in [9.17, 15) is 14.7 Å². The second-order valence-electron chi connectivity index (χ2n) is 6.81. The number of carbonyl (C=O) groups excluding carboxylic acids is 1. The minimum atomic E-state index is -1.55. The molecule has 3 aromatic rings. The fourth-order valence-electron chi connectivity index (χ4n) is 3.14. The first-order valence-electron chi connectivity index (χ1n) is 8.98. The molecule has 3 aromatic carbocycles. The number of carbonyl (C=O) groups is 2. The third-order valence-corrected chi connectivity index (χ3v) is 5.14. The van der Waals surface area contributed by atoms with Crippen LogP contribution in [-0.4, -0.2) is 22.5 Å². The van der Waals surface area contributed by atoms with Crippen LogP contribution >= 0.6 is 23.2 Å². The van der Waals surface area contributed by atoms with E-state index in [1.165, 1.54) is 0 Å². The van der Waals surface area contributed by atoms with Crippen LogP contribution < -0.4 is 5.32 Å². The second-order valence-corrected chi connectivity index (χ2v) is 7.69. The second kappa shape index (κ2) is 9.12. The Morgan fingerprint density at radius 2 is 1.21 bits per heavy atom. The van der Waals surface area contributed by atoms with Gasteiger partial charge in [0.25, 0.3) is 5.91 Å². The van der Waals surface area contributed by atoms with E-state index < -0.39 is 17.4 Å². The molecule has 0 saturated heterocycles. The van der Waals surface area contributed by atoms with Crippen LogP contribution in [-0.2, 0) is 17.6 Å². The van der Waals surface area contributed by atoms with E-state index in [2.05, 4.69) is 5.32 Å². The minimum absolute atomic E-state index is 0.0979. The topological polar surface area (TPSA) is 66.4 Å². The van der Waals surface area contributed by atoms with E-state index in [0.717, 1.165) is 11.1 Å². The summed E-state index contributed by atoms with van der Waals surface area (Å²) in [6.45, 7) is 0. The average Bonchev–Trinajstić information content (AvgIpc) is 2.72. The van der Waals surface area contributed by atoms with Crippen LogP contribution in [0.15, 0.2) is 78.9 Å². The van der Waals surface area contributed by atoms with E-state index in [4.69, 9.17) is 23.2 Å². The molecule has 0 saturated carbocycles. The Bertz CT molecular complexity index is 939. The molecule has 0 radical (unpaired) electrons. The lowest BCUT2D eigenvalue weighted by atomic mass is 9.84. The smallest absolute Gasteiger partial charge is 0.330 e. The van der Waals surface area contributed by atoms with Gasteiger partial charge in [0.2, 0.25) is 0 Å². The zero-order chi connectivity index (χ0) is 20.9. The Morgan fingerprint density at radius 3 is 1.62 bits per heavy atom. The van der Waals surface area contributed by atoms with Crippen LogP contribution in [0.4, 0.5) is 0 Å². The molecule has 0 aliphatic carbocycles. The molecule has 0 aliphatic rings. The maximum absolute atomic E-state index is 12.8. The minimum Gasteiger partial charge on any atom is -0.479 e. The van der Waals surface area contributed by atoms with Crippen molar-refractivity contribution < 1.29 is 14.7 Å². The third-order valence-electron chi connectivity index (χ3n) is 4.64. The van der Waals surface area contributed by atoms with Gasteiger partial charge in [-0.15, -0.1) is 0 Å². The third kappa shape index (κ3) is 5.37. The van der Waals surface area contributed by atoms with Crippen molar-refractivity contribution in [2.75, 3.05) is 0 Å². The van der Waals surface area contributed by atoms with Gasteiger partial charge in [-0.3, -0.25) is 4.79 Å². The molecule has 6 heteroatoms. The predicted molar refractivity (Wildman–Crippen MR) is 115 cm³/mol. The maximum Gasteiger partial charge on any atom is 0.330 e. The van der Waals surface area contributed by atoms with Crippen LogP contribution in [0.5, 0.6) is 0 Å². The number of benzene rings is 3. The SMILES string of the molecule is O=C(NC(Cc1ccc(Cl)cc1)(Cc1ccc(Cl)cc1)C(=O)O)c1ccccc1. The highest BCUT2D eigenvalue weighted by Crippen LogP contribution is 2.23. The molecule has 0 spiro atoms. The molecule has 0 unspecified atom stereocenters. The number of aliphatic carboxylic acids is 1. The number of hydrogen-bond donors (Lipinski definition) is 2. The number of carboxylic acid groups (broad SMARTS) is 1. The van der Waals surface area contributed by atoms with Crippen molar-refractivity contribution in [2.45, 2.75) is 18.4 Å². The van der Waals surface area contributed by atoms with Crippen molar-refractivity contribution in [1.82, 2.24) is 5.32 Å². The molecule has 0 fully saturated rings. The molecule has 0 atom stereocenters. The average molecular weight is 428 g/mol. The van der Waals surface area contributed by atoms with Gasteiger partial charge in [0.05, 0.1) is 0 Å². The molecule has 0 bridgehead atoms. The molecule has 0 aliphatic heterocycles. The van der Waals surface area contributed by atoms with Gasteiger partial charge in [0, 0.05) is 28.5 Å². The van der Waals surface area contributed by atoms with Crippen LogP contribution in [0.3, 0.4) is 0 Å². The van der Waals surface area contributed by atoms with Crippen LogP contribution in [0, 0.1) is 0 Å². The van der Waals surface area contributed by atoms with Gasteiger partial charge in [0.1, 0.15) is 5.54 Å². The van der Waals surface area contributed by atoms with E-state index >= 15 is 0 Å². The molecular formula is C23H19Cl2NO3. The lowest BCUT2D eigenvalue weighted by molar-refractivity contribution is -0.144. The highest BCUT2D eigenvalue weighted by Gasteiger charge is 2.40. The summed E-state index contributed by atoms with van der Waals surface area (Å²) in [5.74, 6) is -1.57. The maximum atomic E-state index is 12.8. The lowest BCUT2D eigenvalue weighted by Crippen LogP contribution is -2.57. The van der Waals surface area contributed by atoms with Gasteiger partial charge in [0.15, 0.2) is 0 Å². The Morgan fingerprint density at radius 1 is 0.759 bits per heavy atom. The van der Waals surface area contributed by atoms with Crippen LogP contribution in [0.25, 0.3) is 0 Å². The Hall–Kier alpha value is -2.82.